The fourth-order valence-corrected chi connectivity index (χ4v) is 0.258. The van der Waals surface area contributed by atoms with Crippen molar-refractivity contribution >= 4 is 0 Å². The molecule has 0 aliphatic heterocycles. The summed E-state index contributed by atoms with van der Waals surface area (Å²) in [6.07, 6.45) is 0.804. The van der Waals surface area contributed by atoms with Crippen LogP contribution in [0.2, 0.25) is 0 Å². The first kappa shape index (κ1) is 4.76. The lowest BCUT2D eigenvalue weighted by molar-refractivity contribution is 0.351. The summed E-state index contributed by atoms with van der Waals surface area (Å²) in [7, 11) is 0. The lowest BCUT2D eigenvalue weighted by Crippen LogP contribution is -2.14. The van der Waals surface area contributed by atoms with Crippen molar-refractivity contribution in [1.82, 2.24) is 10.1 Å². The average Bonchev–Trinajstić information content (AvgIpc) is 1.77. The number of aromatic nitrogens is 2. The Balaban J connectivity index is 3.44. The molecule has 0 bridgehead atoms. The number of aromatic amines is 1. The van der Waals surface area contributed by atoms with E-state index < -0.39 is 11.3 Å². The van der Waals surface area contributed by atoms with E-state index in [2.05, 4.69) is 9.51 Å². The minimum Gasteiger partial charge on any atom is -0.333 e. The Labute approximate surface area is 42.9 Å². The monoisotopic (exact) mass is 114 g/mol. The van der Waals surface area contributed by atoms with Gasteiger partial charge in [-0.25, -0.2) is 9.59 Å². The molecule has 0 unspecified atom stereocenters. The summed E-state index contributed by atoms with van der Waals surface area (Å²) in [4.78, 5) is 23.1. The van der Waals surface area contributed by atoms with Crippen molar-refractivity contribution in [2.45, 2.75) is 0 Å². The first-order valence-electron chi connectivity index (χ1n) is 1.84. The maximum absolute atomic E-state index is 10.0. The number of H-pyrrole nitrogens is 1. The zero-order chi connectivity index (χ0) is 5.98. The number of nitrogens with zero attached hydrogens (tertiary/aromatic N) is 1. The van der Waals surface area contributed by atoms with Crippen LogP contribution in [0.4, 0.5) is 0 Å². The van der Waals surface area contributed by atoms with Gasteiger partial charge in [-0.2, -0.15) is 10.1 Å². The summed E-state index contributed by atoms with van der Waals surface area (Å²) < 4.78 is 4.00. The highest BCUT2D eigenvalue weighted by atomic mass is 16.5. The van der Waals surface area contributed by atoms with E-state index >= 15 is 0 Å². The molecule has 0 aliphatic rings. The van der Waals surface area contributed by atoms with Crippen LogP contribution in [0.15, 0.2) is 20.3 Å². The summed E-state index contributed by atoms with van der Waals surface area (Å²) >= 11 is 0. The highest BCUT2D eigenvalue weighted by Gasteiger charge is 1.81. The molecule has 1 heterocycles. The molecule has 1 aromatic rings. The second kappa shape index (κ2) is 1.61. The Morgan fingerprint density at radius 2 is 2.38 bits per heavy atom. The van der Waals surface area contributed by atoms with Gasteiger partial charge in [0.25, 0.3) is 0 Å². The van der Waals surface area contributed by atoms with Gasteiger partial charge in [0.05, 0.1) is 0 Å². The van der Waals surface area contributed by atoms with Gasteiger partial charge in [0.2, 0.25) is 0 Å². The van der Waals surface area contributed by atoms with E-state index in [0.29, 0.717) is 0 Å². The van der Waals surface area contributed by atoms with Gasteiger partial charge in [-0.1, -0.05) is 0 Å². The quantitative estimate of drug-likeness (QED) is 0.456. The molecule has 0 spiro atoms. The van der Waals surface area contributed by atoms with Crippen LogP contribution in [0.25, 0.3) is 0 Å². The zero-order valence-electron chi connectivity index (χ0n) is 3.75. The van der Waals surface area contributed by atoms with Crippen LogP contribution in [-0.4, -0.2) is 10.1 Å². The van der Waals surface area contributed by atoms with E-state index in [1.165, 1.54) is 0 Å². The predicted octanol–water partition coefficient (Wildman–Crippen LogP) is -1.28. The molecule has 42 valence electrons. The van der Waals surface area contributed by atoms with Gasteiger partial charge in [0.1, 0.15) is 6.20 Å². The second-order valence-corrected chi connectivity index (χ2v) is 1.09. The number of hydrogen-bond donors (Lipinski definition) is 1. The van der Waals surface area contributed by atoms with Gasteiger partial charge in [0.15, 0.2) is 0 Å². The normalized spacial score (nSPS) is 9.00. The molecule has 0 atom stereocenters. The highest BCUT2D eigenvalue weighted by Crippen LogP contribution is 1.47. The summed E-state index contributed by atoms with van der Waals surface area (Å²) in [6.45, 7) is 0. The molecule has 5 heteroatoms. The molecule has 0 radical (unpaired) electrons. The molecule has 0 fully saturated rings. The second-order valence-electron chi connectivity index (χ2n) is 1.09. The molecule has 1 N–H and O–H groups in total. The summed E-state index contributed by atoms with van der Waals surface area (Å²) in [6, 6.07) is 0. The van der Waals surface area contributed by atoms with Crippen LogP contribution in [0.3, 0.4) is 0 Å². The van der Waals surface area contributed by atoms with E-state index in [1.54, 1.807) is 5.16 Å². The van der Waals surface area contributed by atoms with Crippen LogP contribution in [0, 0.1) is 0 Å². The molecule has 5 nitrogen and oxygen atoms in total. The van der Waals surface area contributed by atoms with Crippen LogP contribution >= 0.6 is 0 Å². The van der Waals surface area contributed by atoms with Gasteiger partial charge < -0.3 is 4.52 Å². The number of hydrogen-bond acceptors (Lipinski definition) is 4. The largest absolute Gasteiger partial charge is 0.374 e. The lowest BCUT2D eigenvalue weighted by Gasteiger charge is -1.73. The lowest BCUT2D eigenvalue weighted by atomic mass is 10.9. The topological polar surface area (TPSA) is 76.0 Å². The van der Waals surface area contributed by atoms with Crippen molar-refractivity contribution in [3.63, 3.8) is 0 Å². The SMILES string of the molecule is O=c1ncc(=O)o[nH]1. The van der Waals surface area contributed by atoms with E-state index in [9.17, 15) is 9.59 Å². The number of rotatable bonds is 0. The van der Waals surface area contributed by atoms with Gasteiger partial charge in [-0.3, -0.25) is 0 Å². The van der Waals surface area contributed by atoms with E-state index in [0.717, 1.165) is 6.20 Å². The molecule has 0 aromatic carbocycles. The minimum absolute atomic E-state index is 0.662. The Morgan fingerprint density at radius 3 is 2.75 bits per heavy atom. The Morgan fingerprint density at radius 1 is 1.62 bits per heavy atom. The predicted molar refractivity (Wildman–Crippen MR) is 23.4 cm³/mol. The van der Waals surface area contributed by atoms with Gasteiger partial charge in [-0.05, 0) is 0 Å². The molecule has 0 aliphatic carbocycles. The van der Waals surface area contributed by atoms with Crippen LogP contribution in [-0.2, 0) is 0 Å². The fourth-order valence-electron chi connectivity index (χ4n) is 0.258. The first-order chi connectivity index (χ1) is 3.79. The van der Waals surface area contributed by atoms with Crippen molar-refractivity contribution in [2.24, 2.45) is 0 Å². The maximum atomic E-state index is 10.0. The third-order valence-corrected chi connectivity index (χ3v) is 0.526. The van der Waals surface area contributed by atoms with Crippen molar-refractivity contribution in [2.75, 3.05) is 0 Å². The minimum atomic E-state index is -0.662. The molecule has 0 amide bonds. The summed E-state index contributed by atoms with van der Waals surface area (Å²) in [5, 5.41) is 1.75. The van der Waals surface area contributed by atoms with E-state index in [4.69, 9.17) is 0 Å². The molecule has 0 saturated heterocycles. The standard InChI is InChI=1S/C3H2N2O3/c6-2-1-4-3(7)5-8-2/h1H,(H,5,7). The Kier molecular flexibility index (Phi) is 0.957. The highest BCUT2D eigenvalue weighted by molar-refractivity contribution is 4.59. The van der Waals surface area contributed by atoms with Crippen molar-refractivity contribution in [3.8, 4) is 0 Å². The maximum Gasteiger partial charge on any atom is 0.374 e. The van der Waals surface area contributed by atoms with Crippen molar-refractivity contribution < 1.29 is 4.52 Å². The molecule has 1 rings (SSSR count). The molecule has 8 heavy (non-hydrogen) atoms. The van der Waals surface area contributed by atoms with Gasteiger partial charge >= 0.3 is 11.3 Å². The number of nitrogens with one attached hydrogen (secondary N) is 1. The third-order valence-electron chi connectivity index (χ3n) is 0.526. The van der Waals surface area contributed by atoms with Crippen LogP contribution < -0.4 is 11.3 Å². The third kappa shape index (κ3) is 0.810. The molecule has 1 aromatic heterocycles. The summed E-state index contributed by atoms with van der Waals surface area (Å²) in [5.74, 6) is 0. The van der Waals surface area contributed by atoms with Crippen molar-refractivity contribution in [1.29, 1.82) is 0 Å². The Hall–Kier alpha value is -1.39. The first-order valence-corrected chi connectivity index (χ1v) is 1.84. The van der Waals surface area contributed by atoms with Gasteiger partial charge in [-0.15, -0.1) is 0 Å². The van der Waals surface area contributed by atoms with Crippen molar-refractivity contribution in [3.05, 3.63) is 27.1 Å². The van der Waals surface area contributed by atoms with E-state index in [1.807, 2.05) is 0 Å². The van der Waals surface area contributed by atoms with Gasteiger partial charge in [0, 0.05) is 0 Å². The van der Waals surface area contributed by atoms with Crippen LogP contribution in [0.1, 0.15) is 0 Å². The Bertz CT molecular complexity index is 220. The average molecular weight is 114 g/mol. The molecule has 0 saturated carbocycles. The zero-order valence-corrected chi connectivity index (χ0v) is 3.75. The fraction of sp³-hybridized carbons (Fsp3) is 0. The molecular formula is C3H2N2O3. The summed E-state index contributed by atoms with van der Waals surface area (Å²) in [5.41, 5.74) is -1.32. The van der Waals surface area contributed by atoms with Crippen LogP contribution in [0.5, 0.6) is 0 Å². The molecular weight excluding hydrogens is 112 g/mol. The van der Waals surface area contributed by atoms with E-state index in [-0.39, 0.29) is 0 Å². The smallest absolute Gasteiger partial charge is 0.333 e.